The van der Waals surface area contributed by atoms with Gasteiger partial charge in [-0.2, -0.15) is 0 Å². The lowest BCUT2D eigenvalue weighted by atomic mass is 9.87. The van der Waals surface area contributed by atoms with E-state index in [1.165, 1.54) is 0 Å². The number of benzene rings is 1. The standard InChI is InChI=1S/C11H12O3/c1-6-4-7-8(12)2-3-9(13)11(7)10(14)5-6/h4-5,8,12,14H,2-3H2,1H3/t8-/m0/s1. The van der Waals surface area contributed by atoms with Gasteiger partial charge in [-0.3, -0.25) is 4.79 Å². The highest BCUT2D eigenvalue weighted by Gasteiger charge is 2.26. The van der Waals surface area contributed by atoms with Gasteiger partial charge in [0.25, 0.3) is 0 Å². The van der Waals surface area contributed by atoms with E-state index in [1.54, 1.807) is 12.1 Å². The van der Waals surface area contributed by atoms with Crippen LogP contribution in [0.5, 0.6) is 5.75 Å². The summed E-state index contributed by atoms with van der Waals surface area (Å²) in [6.45, 7) is 1.83. The molecule has 0 bridgehead atoms. The fourth-order valence-corrected chi connectivity index (χ4v) is 1.91. The second-order valence-corrected chi connectivity index (χ2v) is 3.73. The number of hydrogen-bond donors (Lipinski definition) is 2. The zero-order valence-electron chi connectivity index (χ0n) is 7.95. The maximum atomic E-state index is 11.5. The van der Waals surface area contributed by atoms with Crippen molar-refractivity contribution < 1.29 is 15.0 Å². The molecule has 0 amide bonds. The predicted octanol–water partition coefficient (Wildman–Crippen LogP) is 1.71. The van der Waals surface area contributed by atoms with Crippen LogP contribution < -0.4 is 0 Å². The number of phenolic OH excluding ortho intramolecular Hbond substituents is 1. The molecule has 1 atom stereocenters. The van der Waals surface area contributed by atoms with Crippen molar-refractivity contribution in [1.29, 1.82) is 0 Å². The Hall–Kier alpha value is -1.35. The molecule has 2 rings (SSSR count). The molecule has 1 aliphatic rings. The van der Waals surface area contributed by atoms with Crippen molar-refractivity contribution in [1.82, 2.24) is 0 Å². The third kappa shape index (κ3) is 1.30. The lowest BCUT2D eigenvalue weighted by molar-refractivity contribution is 0.0892. The molecule has 0 saturated carbocycles. The Bertz CT molecular complexity index is 396. The summed E-state index contributed by atoms with van der Waals surface area (Å²) in [4.78, 5) is 11.5. The second kappa shape index (κ2) is 3.10. The van der Waals surface area contributed by atoms with E-state index < -0.39 is 6.10 Å². The number of Topliss-reactive ketones (excluding diaryl/α,β-unsaturated/α-hetero) is 1. The monoisotopic (exact) mass is 192 g/mol. The van der Waals surface area contributed by atoms with Crippen LogP contribution in [0, 0.1) is 6.92 Å². The normalized spacial score (nSPS) is 20.7. The highest BCUT2D eigenvalue weighted by atomic mass is 16.3. The van der Waals surface area contributed by atoms with E-state index in [4.69, 9.17) is 0 Å². The van der Waals surface area contributed by atoms with Crippen LogP contribution in [0.1, 0.15) is 40.4 Å². The lowest BCUT2D eigenvalue weighted by Crippen LogP contribution is -2.15. The average molecular weight is 192 g/mol. The van der Waals surface area contributed by atoms with Crippen LogP contribution in [0.4, 0.5) is 0 Å². The minimum atomic E-state index is -0.617. The van der Waals surface area contributed by atoms with Crippen LogP contribution in [0.3, 0.4) is 0 Å². The third-order valence-corrected chi connectivity index (χ3v) is 2.58. The summed E-state index contributed by atoms with van der Waals surface area (Å²) in [7, 11) is 0. The van der Waals surface area contributed by atoms with Gasteiger partial charge in [-0.1, -0.05) is 6.07 Å². The number of carbonyl (C=O) groups is 1. The van der Waals surface area contributed by atoms with Crippen LogP contribution >= 0.6 is 0 Å². The van der Waals surface area contributed by atoms with Gasteiger partial charge in [-0.05, 0) is 30.5 Å². The largest absolute Gasteiger partial charge is 0.507 e. The summed E-state index contributed by atoms with van der Waals surface area (Å²) in [6, 6.07) is 3.31. The number of aryl methyl sites for hydroxylation is 1. The first-order chi connectivity index (χ1) is 6.59. The van der Waals surface area contributed by atoms with Gasteiger partial charge in [0.05, 0.1) is 11.7 Å². The Morgan fingerprint density at radius 1 is 1.43 bits per heavy atom. The summed E-state index contributed by atoms with van der Waals surface area (Å²) in [6.07, 6.45) is 0.146. The maximum Gasteiger partial charge on any atom is 0.167 e. The van der Waals surface area contributed by atoms with E-state index in [0.29, 0.717) is 24.0 Å². The number of rotatable bonds is 0. The molecular weight excluding hydrogens is 180 g/mol. The number of aliphatic hydroxyl groups is 1. The molecule has 0 fully saturated rings. The van der Waals surface area contributed by atoms with Crippen molar-refractivity contribution in [2.24, 2.45) is 0 Å². The molecule has 1 aromatic carbocycles. The van der Waals surface area contributed by atoms with Crippen molar-refractivity contribution in [3.8, 4) is 5.75 Å². The van der Waals surface area contributed by atoms with Gasteiger partial charge in [-0.25, -0.2) is 0 Å². The summed E-state index contributed by atoms with van der Waals surface area (Å²) < 4.78 is 0. The SMILES string of the molecule is Cc1cc(O)c2c(c1)[C@@H](O)CCC2=O. The zero-order valence-corrected chi connectivity index (χ0v) is 7.95. The van der Waals surface area contributed by atoms with Crippen molar-refractivity contribution in [3.05, 3.63) is 28.8 Å². The van der Waals surface area contributed by atoms with Gasteiger partial charge in [0.1, 0.15) is 5.75 Å². The Kier molecular flexibility index (Phi) is 2.04. The number of ketones is 1. The zero-order chi connectivity index (χ0) is 10.3. The van der Waals surface area contributed by atoms with E-state index >= 15 is 0 Å². The van der Waals surface area contributed by atoms with Crippen LogP contribution in [0.15, 0.2) is 12.1 Å². The van der Waals surface area contributed by atoms with Crippen LogP contribution in [0.25, 0.3) is 0 Å². The molecule has 0 spiro atoms. The highest BCUT2D eigenvalue weighted by Crippen LogP contribution is 2.35. The molecule has 0 saturated heterocycles. The first-order valence-corrected chi connectivity index (χ1v) is 4.64. The first-order valence-electron chi connectivity index (χ1n) is 4.64. The molecular formula is C11H12O3. The molecule has 1 aliphatic carbocycles. The van der Waals surface area contributed by atoms with Crippen molar-refractivity contribution in [2.75, 3.05) is 0 Å². The van der Waals surface area contributed by atoms with E-state index in [1.807, 2.05) is 6.92 Å². The van der Waals surface area contributed by atoms with Crippen molar-refractivity contribution >= 4 is 5.78 Å². The Morgan fingerprint density at radius 2 is 2.14 bits per heavy atom. The van der Waals surface area contributed by atoms with E-state index in [9.17, 15) is 15.0 Å². The molecule has 3 heteroatoms. The second-order valence-electron chi connectivity index (χ2n) is 3.73. The maximum absolute atomic E-state index is 11.5. The summed E-state index contributed by atoms with van der Waals surface area (Å²) in [5, 5.41) is 19.3. The number of aromatic hydroxyl groups is 1. The Morgan fingerprint density at radius 3 is 2.86 bits per heavy atom. The molecule has 0 aliphatic heterocycles. The number of fused-ring (bicyclic) bond motifs is 1. The number of hydrogen-bond acceptors (Lipinski definition) is 3. The van der Waals surface area contributed by atoms with Crippen LogP contribution in [-0.2, 0) is 0 Å². The van der Waals surface area contributed by atoms with Gasteiger partial charge in [-0.15, -0.1) is 0 Å². The highest BCUT2D eigenvalue weighted by molar-refractivity contribution is 6.01. The minimum Gasteiger partial charge on any atom is -0.507 e. The van der Waals surface area contributed by atoms with Gasteiger partial charge < -0.3 is 10.2 Å². The van der Waals surface area contributed by atoms with Crippen molar-refractivity contribution in [3.63, 3.8) is 0 Å². The van der Waals surface area contributed by atoms with Gasteiger partial charge >= 0.3 is 0 Å². The Balaban J connectivity index is 2.66. The molecule has 2 N–H and O–H groups in total. The van der Waals surface area contributed by atoms with Crippen molar-refractivity contribution in [2.45, 2.75) is 25.9 Å². The molecule has 3 nitrogen and oxygen atoms in total. The van der Waals surface area contributed by atoms with E-state index in [-0.39, 0.29) is 11.5 Å². The molecule has 0 aromatic heterocycles. The van der Waals surface area contributed by atoms with Gasteiger partial charge in [0.2, 0.25) is 0 Å². The quantitative estimate of drug-likeness (QED) is 0.657. The van der Waals surface area contributed by atoms with E-state index in [2.05, 4.69) is 0 Å². The molecule has 0 heterocycles. The number of carbonyl (C=O) groups excluding carboxylic acids is 1. The summed E-state index contributed by atoms with van der Waals surface area (Å²) in [5.41, 5.74) is 1.73. The van der Waals surface area contributed by atoms with Crippen LogP contribution in [0.2, 0.25) is 0 Å². The van der Waals surface area contributed by atoms with Gasteiger partial charge in [0, 0.05) is 6.42 Å². The third-order valence-electron chi connectivity index (χ3n) is 2.58. The smallest absolute Gasteiger partial charge is 0.167 e. The average Bonchev–Trinajstić information content (AvgIpc) is 2.10. The number of phenols is 1. The van der Waals surface area contributed by atoms with Crippen LogP contribution in [-0.4, -0.2) is 16.0 Å². The predicted molar refractivity (Wildman–Crippen MR) is 51.4 cm³/mol. The first kappa shape index (κ1) is 9.21. The van der Waals surface area contributed by atoms with E-state index in [0.717, 1.165) is 5.56 Å². The summed E-state index contributed by atoms with van der Waals surface area (Å²) in [5.74, 6) is -0.0912. The fourth-order valence-electron chi connectivity index (χ4n) is 1.91. The molecule has 74 valence electrons. The molecule has 0 radical (unpaired) electrons. The number of aliphatic hydroxyl groups excluding tert-OH is 1. The molecule has 1 aromatic rings. The Labute approximate surface area is 82.0 Å². The lowest BCUT2D eigenvalue weighted by Gasteiger charge is -2.21. The summed E-state index contributed by atoms with van der Waals surface area (Å²) >= 11 is 0. The minimum absolute atomic E-state index is 0.0104. The topological polar surface area (TPSA) is 57.5 Å². The molecule has 0 unspecified atom stereocenters. The fraction of sp³-hybridized carbons (Fsp3) is 0.364. The van der Waals surface area contributed by atoms with Gasteiger partial charge in [0.15, 0.2) is 5.78 Å². The molecule has 14 heavy (non-hydrogen) atoms.